The summed E-state index contributed by atoms with van der Waals surface area (Å²) in [6.45, 7) is 2.83. The molecule has 2 aliphatic rings. The van der Waals surface area contributed by atoms with Gasteiger partial charge in [-0.3, -0.25) is 10.2 Å². The topological polar surface area (TPSA) is 87.3 Å². The number of nitrogens with one attached hydrogen (secondary N) is 1. The molecule has 9 heteroatoms. The van der Waals surface area contributed by atoms with Crippen LogP contribution in [-0.4, -0.2) is 40.2 Å². The van der Waals surface area contributed by atoms with E-state index in [0.717, 1.165) is 26.9 Å². The number of benzene rings is 3. The van der Waals surface area contributed by atoms with Gasteiger partial charge in [0.05, 0.1) is 5.57 Å². The lowest BCUT2D eigenvalue weighted by Crippen LogP contribution is -2.35. The van der Waals surface area contributed by atoms with E-state index in [0.29, 0.717) is 29.2 Å². The summed E-state index contributed by atoms with van der Waals surface area (Å²) in [5.41, 5.74) is 3.02. The summed E-state index contributed by atoms with van der Waals surface area (Å²) in [5.74, 6) is 1.01. The molecule has 0 aliphatic carbocycles. The van der Waals surface area contributed by atoms with E-state index in [9.17, 15) is 4.79 Å². The molecule has 0 atom stereocenters. The fraction of sp³-hybridized carbons (Fsp3) is 0.111. The number of nitrogens with zero attached hydrogens (tertiary/aromatic N) is 3. The molecule has 0 bridgehead atoms. The minimum Gasteiger partial charge on any atom is -0.490 e. The molecular formula is C27H21BrN4O3S. The highest BCUT2D eigenvalue weighted by Crippen LogP contribution is 2.31. The lowest BCUT2D eigenvalue weighted by atomic mass is 10.1. The van der Waals surface area contributed by atoms with E-state index in [2.05, 4.69) is 26.0 Å². The van der Waals surface area contributed by atoms with E-state index in [1.54, 1.807) is 6.08 Å². The van der Waals surface area contributed by atoms with Crippen LogP contribution >= 0.6 is 27.7 Å². The predicted octanol–water partition coefficient (Wildman–Crippen LogP) is 5.88. The smallest absolute Gasteiger partial charge is 0.283 e. The van der Waals surface area contributed by atoms with E-state index >= 15 is 0 Å². The van der Waals surface area contributed by atoms with Crippen LogP contribution in [0.4, 0.5) is 0 Å². The molecule has 0 spiro atoms. The van der Waals surface area contributed by atoms with E-state index in [4.69, 9.17) is 14.9 Å². The average molecular weight is 561 g/mol. The maximum absolute atomic E-state index is 12.7. The van der Waals surface area contributed by atoms with Crippen molar-refractivity contribution in [2.75, 3.05) is 13.2 Å². The first-order chi connectivity index (χ1) is 17.5. The molecule has 0 saturated heterocycles. The molecule has 0 fully saturated rings. The number of carbonyl (C=O) groups excluding carboxylic acids is 1. The zero-order valence-corrected chi connectivity index (χ0v) is 21.7. The monoisotopic (exact) mass is 560 g/mol. The minimum absolute atomic E-state index is 0.00466. The molecule has 1 amide bonds. The van der Waals surface area contributed by atoms with Crippen LogP contribution in [0.5, 0.6) is 11.5 Å². The van der Waals surface area contributed by atoms with Crippen molar-refractivity contribution < 1.29 is 14.3 Å². The summed E-state index contributed by atoms with van der Waals surface area (Å²) in [7, 11) is 0. The number of hydrazone groups is 1. The zero-order valence-electron chi connectivity index (χ0n) is 19.3. The van der Waals surface area contributed by atoms with Gasteiger partial charge in [0.25, 0.3) is 5.91 Å². The van der Waals surface area contributed by atoms with E-state index in [1.165, 1.54) is 16.8 Å². The molecule has 2 heterocycles. The van der Waals surface area contributed by atoms with Gasteiger partial charge < -0.3 is 9.47 Å². The van der Waals surface area contributed by atoms with Gasteiger partial charge in [0.15, 0.2) is 5.84 Å². The standard InChI is InChI=1S/C27H21BrN4O3S/c1-17-2-6-19(7-3-17)26-31-32-24(29)23(25(33)30-27(32)36-26)16-18-4-10-21(11-5-18)34-14-15-35-22-12-8-20(28)9-13-22/h2-13,16,29H,14-15H2,1H3/b23-16+,29-24?. The van der Waals surface area contributed by atoms with E-state index in [-0.39, 0.29) is 11.4 Å². The number of hydrogen-bond acceptors (Lipinski definition) is 6. The number of fused-ring (bicyclic) bond motifs is 1. The molecule has 0 radical (unpaired) electrons. The molecule has 180 valence electrons. The molecule has 0 unspecified atom stereocenters. The highest BCUT2D eigenvalue weighted by atomic mass is 79.9. The molecular weight excluding hydrogens is 540 g/mol. The number of thioether (sulfide) groups is 1. The van der Waals surface area contributed by atoms with Crippen molar-refractivity contribution in [2.45, 2.75) is 6.92 Å². The van der Waals surface area contributed by atoms with Crippen LogP contribution in [0.2, 0.25) is 0 Å². The molecule has 0 aromatic heterocycles. The highest BCUT2D eigenvalue weighted by molar-refractivity contribution is 9.10. The number of halogens is 1. The van der Waals surface area contributed by atoms with Crippen molar-refractivity contribution in [1.29, 1.82) is 5.41 Å². The Labute approximate surface area is 221 Å². The molecule has 0 saturated carbocycles. The number of amidine groups is 2. The summed E-state index contributed by atoms with van der Waals surface area (Å²) in [6.07, 6.45) is 1.65. The molecule has 3 aromatic rings. The van der Waals surface area contributed by atoms with Crippen molar-refractivity contribution in [3.05, 3.63) is 99.5 Å². The molecule has 1 N–H and O–H groups in total. The van der Waals surface area contributed by atoms with Gasteiger partial charge in [0, 0.05) is 10.0 Å². The SMILES string of the molecule is Cc1ccc(C2=NN3C(=N)/C(=C\c4ccc(OCCOc5ccc(Br)cc5)cc4)C(=O)N=C3S2)cc1. The van der Waals surface area contributed by atoms with Crippen LogP contribution in [0.15, 0.2) is 92.9 Å². The fourth-order valence-electron chi connectivity index (χ4n) is 3.48. The van der Waals surface area contributed by atoms with Gasteiger partial charge in [0.1, 0.15) is 29.8 Å². The van der Waals surface area contributed by atoms with Crippen molar-refractivity contribution >= 4 is 55.7 Å². The predicted molar refractivity (Wildman–Crippen MR) is 147 cm³/mol. The maximum Gasteiger partial charge on any atom is 0.283 e. The van der Waals surface area contributed by atoms with Gasteiger partial charge in [-0.2, -0.15) is 15.1 Å². The van der Waals surface area contributed by atoms with Crippen molar-refractivity contribution in [3.63, 3.8) is 0 Å². The van der Waals surface area contributed by atoms with Gasteiger partial charge in [-0.05, 0) is 66.7 Å². The third-order valence-corrected chi connectivity index (χ3v) is 6.86. The van der Waals surface area contributed by atoms with Gasteiger partial charge in [0.2, 0.25) is 5.17 Å². The van der Waals surface area contributed by atoms with Crippen LogP contribution in [0, 0.1) is 12.3 Å². The molecule has 36 heavy (non-hydrogen) atoms. The third kappa shape index (κ3) is 5.42. The normalized spacial score (nSPS) is 16.1. The average Bonchev–Trinajstić information content (AvgIpc) is 3.31. The van der Waals surface area contributed by atoms with Gasteiger partial charge >= 0.3 is 0 Å². The quantitative estimate of drug-likeness (QED) is 0.288. The fourth-order valence-corrected chi connectivity index (χ4v) is 4.64. The highest BCUT2D eigenvalue weighted by Gasteiger charge is 2.36. The first-order valence-electron chi connectivity index (χ1n) is 11.1. The number of ether oxygens (including phenoxy) is 2. The second-order valence-electron chi connectivity index (χ2n) is 8.01. The van der Waals surface area contributed by atoms with Crippen LogP contribution in [0.1, 0.15) is 16.7 Å². The van der Waals surface area contributed by atoms with E-state index < -0.39 is 5.91 Å². The second-order valence-corrected chi connectivity index (χ2v) is 9.88. The number of aliphatic imine (C=N–C) groups is 1. The minimum atomic E-state index is -0.454. The Kier molecular flexibility index (Phi) is 7.02. The van der Waals surface area contributed by atoms with Crippen LogP contribution in [-0.2, 0) is 4.79 Å². The summed E-state index contributed by atoms with van der Waals surface area (Å²) in [6, 6.07) is 22.9. The number of carbonyl (C=O) groups is 1. The van der Waals surface area contributed by atoms with Gasteiger partial charge in [-0.1, -0.05) is 57.9 Å². The first-order valence-corrected chi connectivity index (χ1v) is 12.8. The maximum atomic E-state index is 12.7. The summed E-state index contributed by atoms with van der Waals surface area (Å²) in [4.78, 5) is 16.9. The van der Waals surface area contributed by atoms with Gasteiger partial charge in [-0.15, -0.1) is 0 Å². The van der Waals surface area contributed by atoms with Crippen molar-refractivity contribution in [2.24, 2.45) is 10.1 Å². The van der Waals surface area contributed by atoms with Crippen LogP contribution in [0.25, 0.3) is 6.08 Å². The Balaban J connectivity index is 1.22. The number of aryl methyl sites for hydroxylation is 1. The van der Waals surface area contributed by atoms with E-state index in [1.807, 2.05) is 79.7 Å². The molecule has 3 aromatic carbocycles. The Morgan fingerprint density at radius 1 is 0.944 bits per heavy atom. The van der Waals surface area contributed by atoms with Crippen LogP contribution < -0.4 is 9.47 Å². The third-order valence-electron chi connectivity index (χ3n) is 5.38. The molecule has 5 rings (SSSR count). The molecule has 7 nitrogen and oxygen atoms in total. The lowest BCUT2D eigenvalue weighted by Gasteiger charge is -2.20. The lowest BCUT2D eigenvalue weighted by molar-refractivity contribution is -0.114. The van der Waals surface area contributed by atoms with Crippen molar-refractivity contribution in [3.8, 4) is 11.5 Å². The summed E-state index contributed by atoms with van der Waals surface area (Å²) in [5, 5.41) is 15.6. The zero-order chi connectivity index (χ0) is 25.1. The van der Waals surface area contributed by atoms with Crippen molar-refractivity contribution in [1.82, 2.24) is 5.01 Å². The largest absolute Gasteiger partial charge is 0.490 e. The Morgan fingerprint density at radius 2 is 1.56 bits per heavy atom. The number of rotatable bonds is 7. The Bertz CT molecular complexity index is 1400. The Hall–Kier alpha value is -3.69. The number of hydrogen-bond donors (Lipinski definition) is 1. The summed E-state index contributed by atoms with van der Waals surface area (Å²) < 4.78 is 12.4. The van der Waals surface area contributed by atoms with Crippen LogP contribution in [0.3, 0.4) is 0 Å². The first kappa shape index (κ1) is 24.0. The molecule has 2 aliphatic heterocycles. The number of amides is 1. The second kappa shape index (κ2) is 10.5. The Morgan fingerprint density at radius 3 is 2.19 bits per heavy atom. The summed E-state index contributed by atoms with van der Waals surface area (Å²) >= 11 is 4.68. The van der Waals surface area contributed by atoms with Gasteiger partial charge in [-0.25, -0.2) is 0 Å².